The van der Waals surface area contributed by atoms with E-state index in [1.165, 1.54) is 13.0 Å². The molecule has 4 rings (SSSR count). The zero-order valence-corrected chi connectivity index (χ0v) is 27.7. The van der Waals surface area contributed by atoms with E-state index in [2.05, 4.69) is 15.6 Å². The van der Waals surface area contributed by atoms with Gasteiger partial charge in [0.1, 0.15) is 11.5 Å². The predicted octanol–water partition coefficient (Wildman–Crippen LogP) is 5.93. The maximum absolute atomic E-state index is 14.2. The number of imide groups is 1. The van der Waals surface area contributed by atoms with E-state index >= 15 is 0 Å². The Labute approximate surface area is 277 Å². The molecular weight excluding hydrogens is 628 g/mol. The van der Waals surface area contributed by atoms with Crippen LogP contribution < -0.4 is 10.6 Å². The number of rotatable bonds is 8. The Morgan fingerprint density at radius 2 is 1.71 bits per heavy atom. The van der Waals surface area contributed by atoms with Crippen LogP contribution >= 0.6 is 0 Å². The van der Waals surface area contributed by atoms with E-state index < -0.39 is 47.2 Å². The molecule has 0 radical (unpaired) electrons. The van der Waals surface area contributed by atoms with E-state index in [-0.39, 0.29) is 48.6 Å². The number of hydrogen-bond acceptors (Lipinski definition) is 7. The molecule has 14 heteroatoms. The second kappa shape index (κ2) is 15.3. The minimum atomic E-state index is -1.35. The highest BCUT2D eigenvalue weighted by Gasteiger charge is 2.46. The Hall–Kier alpha value is -4.88. The lowest BCUT2D eigenvalue weighted by Crippen LogP contribution is -2.52. The third kappa shape index (κ3) is 8.92. The van der Waals surface area contributed by atoms with Crippen LogP contribution in [0, 0.1) is 17.6 Å². The van der Waals surface area contributed by atoms with Gasteiger partial charge in [0.25, 0.3) is 0 Å². The number of urea groups is 2. The minimum Gasteiger partial charge on any atom is -0.468 e. The number of methoxy groups -OCH3 is 1. The average molecular weight is 670 g/mol. The van der Waals surface area contributed by atoms with Crippen LogP contribution in [0.25, 0.3) is 0 Å². The van der Waals surface area contributed by atoms with Gasteiger partial charge < -0.3 is 25.0 Å². The fourth-order valence-corrected chi connectivity index (χ4v) is 5.79. The van der Waals surface area contributed by atoms with Crippen molar-refractivity contribution in [1.29, 1.82) is 0 Å². The number of esters is 1. The molecule has 0 aliphatic carbocycles. The average Bonchev–Trinajstić information content (AvgIpc) is 3.03. The van der Waals surface area contributed by atoms with Gasteiger partial charge in [-0.1, -0.05) is 18.2 Å². The Morgan fingerprint density at radius 3 is 2.35 bits per heavy atom. The lowest BCUT2D eigenvalue weighted by atomic mass is 9.87. The first-order chi connectivity index (χ1) is 22.7. The molecule has 0 bridgehead atoms. The van der Waals surface area contributed by atoms with Crippen LogP contribution in [-0.4, -0.2) is 77.9 Å². The van der Waals surface area contributed by atoms with Crippen molar-refractivity contribution in [3.05, 3.63) is 65.2 Å². The number of hydrogen-bond donors (Lipinski definition) is 2. The number of likely N-dealkylation sites (tertiary alicyclic amines) is 1. The minimum absolute atomic E-state index is 0.00254. The van der Waals surface area contributed by atoms with Crippen LogP contribution in [0.5, 0.6) is 0 Å². The summed E-state index contributed by atoms with van der Waals surface area (Å²) in [5.41, 5.74) is 1.16. The van der Waals surface area contributed by atoms with Gasteiger partial charge in [0.2, 0.25) is 5.91 Å². The van der Waals surface area contributed by atoms with Crippen molar-refractivity contribution in [2.24, 2.45) is 10.9 Å². The summed E-state index contributed by atoms with van der Waals surface area (Å²) in [5.74, 6) is -4.49. The third-order valence-electron chi connectivity index (χ3n) is 8.13. The smallest absolute Gasteiger partial charge is 0.410 e. The molecule has 2 unspecified atom stereocenters. The first-order valence-corrected chi connectivity index (χ1v) is 15.7. The number of carbonyl (C=O) groups is 5. The van der Waals surface area contributed by atoms with E-state index in [0.717, 1.165) is 37.6 Å². The molecule has 48 heavy (non-hydrogen) atoms. The van der Waals surface area contributed by atoms with E-state index in [0.29, 0.717) is 23.7 Å². The van der Waals surface area contributed by atoms with Crippen molar-refractivity contribution in [3.8, 4) is 0 Å². The lowest BCUT2D eigenvalue weighted by molar-refractivity contribution is -0.144. The Bertz CT molecular complexity index is 1580. The quantitative estimate of drug-likeness (QED) is 0.262. The van der Waals surface area contributed by atoms with E-state index in [1.807, 2.05) is 39.0 Å². The van der Waals surface area contributed by atoms with Gasteiger partial charge >= 0.3 is 24.1 Å². The van der Waals surface area contributed by atoms with Crippen LogP contribution in [0.15, 0.2) is 47.5 Å². The number of amides is 6. The predicted molar refractivity (Wildman–Crippen MR) is 172 cm³/mol. The highest BCUT2D eigenvalue weighted by atomic mass is 19.2. The molecule has 1 fully saturated rings. The molecule has 258 valence electrons. The van der Waals surface area contributed by atoms with Crippen LogP contribution in [0.3, 0.4) is 0 Å². The molecule has 1 saturated heterocycles. The normalized spacial score (nSPS) is 18.6. The van der Waals surface area contributed by atoms with Gasteiger partial charge in [0, 0.05) is 37.5 Å². The van der Waals surface area contributed by atoms with Crippen molar-refractivity contribution in [2.45, 2.75) is 70.9 Å². The summed E-state index contributed by atoms with van der Waals surface area (Å²) in [5, 5.41) is 5.42. The fourth-order valence-electron chi connectivity index (χ4n) is 5.79. The molecule has 2 N–H and O–H groups in total. The van der Waals surface area contributed by atoms with Gasteiger partial charge in [-0.15, -0.1) is 0 Å². The van der Waals surface area contributed by atoms with E-state index in [4.69, 9.17) is 9.47 Å². The molecular formula is C34H41F2N5O7. The van der Waals surface area contributed by atoms with Gasteiger partial charge in [-0.2, -0.15) is 0 Å². The summed E-state index contributed by atoms with van der Waals surface area (Å²) in [4.78, 5) is 70.1. The summed E-state index contributed by atoms with van der Waals surface area (Å²) >= 11 is 0. The Kier molecular flexibility index (Phi) is 11.5. The molecule has 0 spiro atoms. The SMILES string of the molecule is COC(=O)C1C(C)=NC(=O)N(C(=O)NCCCC(=O)Nc2cccc(C3CCN(C(=O)OC(C)(C)C)CC3)c2)C1c1ccc(F)c(F)c1. The van der Waals surface area contributed by atoms with Crippen LogP contribution in [0.4, 0.5) is 28.9 Å². The van der Waals surface area contributed by atoms with E-state index in [1.54, 1.807) is 11.0 Å². The summed E-state index contributed by atoms with van der Waals surface area (Å²) in [6.07, 6.45) is 1.45. The first kappa shape index (κ1) is 36.0. The number of piperidine rings is 1. The molecule has 2 aromatic rings. The molecule has 2 aliphatic rings. The number of anilines is 1. The standard InChI is InChI=1S/C34H41F2N5O7/c1-20-28(30(43)47-5)29(23-11-12-25(35)26(36)19-23)41(32(45)38-20)31(44)37-15-7-10-27(42)39-24-9-6-8-22(18-24)21-13-16-40(17-14-21)33(46)48-34(2,3)4/h6,8-9,11-12,18-19,21,28-29H,7,10,13-17H2,1-5H3,(H,37,44)(H,39,42). The second-order valence-electron chi connectivity index (χ2n) is 12.8. The Balaban J connectivity index is 1.31. The summed E-state index contributed by atoms with van der Waals surface area (Å²) in [7, 11) is 1.12. The molecule has 12 nitrogen and oxygen atoms in total. The summed E-state index contributed by atoms with van der Waals surface area (Å²) in [6.45, 7) is 8.04. The molecule has 2 heterocycles. The fraction of sp³-hybridized carbons (Fsp3) is 0.471. The topological polar surface area (TPSA) is 147 Å². The third-order valence-corrected chi connectivity index (χ3v) is 8.13. The van der Waals surface area contributed by atoms with Crippen LogP contribution in [0.1, 0.15) is 76.5 Å². The van der Waals surface area contributed by atoms with Crippen molar-refractivity contribution in [1.82, 2.24) is 15.1 Å². The monoisotopic (exact) mass is 669 g/mol. The zero-order valence-electron chi connectivity index (χ0n) is 27.7. The van der Waals surface area contributed by atoms with Gasteiger partial charge in [0.15, 0.2) is 11.6 Å². The second-order valence-corrected chi connectivity index (χ2v) is 12.8. The molecule has 2 atom stereocenters. The highest BCUT2D eigenvalue weighted by Crippen LogP contribution is 2.36. The van der Waals surface area contributed by atoms with Crippen molar-refractivity contribution in [3.63, 3.8) is 0 Å². The van der Waals surface area contributed by atoms with Gasteiger partial charge in [0.05, 0.1) is 13.2 Å². The maximum atomic E-state index is 14.2. The van der Waals surface area contributed by atoms with E-state index in [9.17, 15) is 32.8 Å². The van der Waals surface area contributed by atoms with Crippen molar-refractivity contribution < 1.29 is 42.2 Å². The molecule has 2 aromatic carbocycles. The number of halogens is 2. The molecule has 0 aromatic heterocycles. The largest absolute Gasteiger partial charge is 0.468 e. The number of ether oxygens (including phenoxy) is 2. The molecule has 6 amide bonds. The van der Waals surface area contributed by atoms with Gasteiger partial charge in [-0.3, -0.25) is 9.59 Å². The van der Waals surface area contributed by atoms with Crippen molar-refractivity contribution >= 4 is 41.4 Å². The highest BCUT2D eigenvalue weighted by molar-refractivity contribution is 6.11. The molecule has 0 saturated carbocycles. The Morgan fingerprint density at radius 1 is 1.00 bits per heavy atom. The van der Waals surface area contributed by atoms with Crippen LogP contribution in [0.2, 0.25) is 0 Å². The first-order valence-electron chi connectivity index (χ1n) is 15.7. The lowest BCUT2D eigenvalue weighted by Gasteiger charge is -2.36. The number of nitrogens with one attached hydrogen (secondary N) is 2. The molecule has 2 aliphatic heterocycles. The number of nitrogens with zero attached hydrogens (tertiary/aromatic N) is 3. The van der Waals surface area contributed by atoms with Crippen molar-refractivity contribution in [2.75, 3.05) is 32.1 Å². The summed E-state index contributed by atoms with van der Waals surface area (Å²) < 4.78 is 38.2. The van der Waals surface area contributed by atoms with Crippen LogP contribution in [-0.2, 0) is 19.1 Å². The maximum Gasteiger partial charge on any atom is 0.410 e. The van der Waals surface area contributed by atoms with Gasteiger partial charge in [-0.25, -0.2) is 33.1 Å². The summed E-state index contributed by atoms with van der Waals surface area (Å²) in [6, 6.07) is 7.10. The van der Waals surface area contributed by atoms with Gasteiger partial charge in [-0.05, 0) is 88.3 Å². The number of carbonyl (C=O) groups excluding carboxylic acids is 5. The zero-order chi connectivity index (χ0) is 35.2. The number of benzene rings is 2. The number of aliphatic imine (C=N–C) groups is 1.